The number of nitrogens with one attached hydrogen (secondary N) is 1. The van der Waals surface area contributed by atoms with Crippen LogP contribution in [0.4, 0.5) is 0 Å². The molecule has 15 heavy (non-hydrogen) atoms. The van der Waals surface area contributed by atoms with Gasteiger partial charge in [0.25, 0.3) is 0 Å². The number of aliphatic hydroxyl groups excluding tert-OH is 1. The summed E-state index contributed by atoms with van der Waals surface area (Å²) in [7, 11) is -3.44. The van der Waals surface area contributed by atoms with Gasteiger partial charge in [-0.15, -0.1) is 11.3 Å². The lowest BCUT2D eigenvalue weighted by Gasteiger charge is -2.03. The van der Waals surface area contributed by atoms with E-state index in [0.717, 1.165) is 6.42 Å². The summed E-state index contributed by atoms with van der Waals surface area (Å²) in [6.07, 6.45) is 0.744. The molecule has 1 aromatic heterocycles. The number of aliphatic hydroxyl groups is 1. The Morgan fingerprint density at radius 1 is 1.60 bits per heavy atom. The highest BCUT2D eigenvalue weighted by molar-refractivity contribution is 9.11. The number of thiophene rings is 1. The highest BCUT2D eigenvalue weighted by atomic mass is 79.9. The van der Waals surface area contributed by atoms with E-state index in [4.69, 9.17) is 5.11 Å². The highest BCUT2D eigenvalue weighted by Gasteiger charge is 2.19. The minimum atomic E-state index is -3.44. The lowest BCUT2D eigenvalue weighted by molar-refractivity contribution is 0.285. The van der Waals surface area contributed by atoms with Crippen molar-refractivity contribution in [1.82, 2.24) is 4.72 Å². The monoisotopic (exact) mass is 313 g/mol. The molecule has 0 radical (unpaired) electrons. The predicted molar refractivity (Wildman–Crippen MR) is 63.4 cm³/mol. The smallest absolute Gasteiger partial charge is 0.242 e. The lowest BCUT2D eigenvalue weighted by Crippen LogP contribution is -2.24. The second kappa shape index (κ2) is 5.40. The molecule has 0 amide bonds. The van der Waals surface area contributed by atoms with Crippen LogP contribution < -0.4 is 4.72 Å². The van der Waals surface area contributed by atoms with Gasteiger partial charge in [0.15, 0.2) is 0 Å². The molecule has 4 nitrogen and oxygen atoms in total. The van der Waals surface area contributed by atoms with E-state index in [0.29, 0.717) is 15.2 Å². The van der Waals surface area contributed by atoms with Crippen molar-refractivity contribution in [3.8, 4) is 0 Å². The molecule has 1 rings (SSSR count). The second-order valence-corrected chi connectivity index (χ2v) is 7.10. The van der Waals surface area contributed by atoms with Crippen LogP contribution in [0.25, 0.3) is 0 Å². The van der Waals surface area contributed by atoms with Crippen molar-refractivity contribution in [2.24, 2.45) is 0 Å². The first-order valence-corrected chi connectivity index (χ1v) is 7.49. The van der Waals surface area contributed by atoms with Crippen molar-refractivity contribution in [1.29, 1.82) is 0 Å². The van der Waals surface area contributed by atoms with Crippen molar-refractivity contribution in [2.45, 2.75) is 24.8 Å². The molecule has 0 saturated heterocycles. The Hall–Kier alpha value is 0.0500. The topological polar surface area (TPSA) is 66.4 Å². The third-order valence-corrected chi connectivity index (χ3v) is 5.39. The van der Waals surface area contributed by atoms with Crippen LogP contribution in [0.5, 0.6) is 0 Å². The minimum Gasteiger partial charge on any atom is -0.391 e. The van der Waals surface area contributed by atoms with Gasteiger partial charge in [-0.3, -0.25) is 0 Å². The van der Waals surface area contributed by atoms with Gasteiger partial charge in [-0.05, 0) is 28.4 Å². The predicted octanol–water partition coefficient (Wildman–Crippen LogP) is 1.69. The average Bonchev–Trinajstić information content (AvgIpc) is 2.57. The van der Waals surface area contributed by atoms with Crippen molar-refractivity contribution in [3.05, 3.63) is 14.7 Å². The molecule has 0 spiro atoms. The van der Waals surface area contributed by atoms with Gasteiger partial charge in [-0.25, -0.2) is 13.1 Å². The maximum absolute atomic E-state index is 11.7. The largest absolute Gasteiger partial charge is 0.391 e. The number of hydrogen-bond donors (Lipinski definition) is 2. The quantitative estimate of drug-likeness (QED) is 0.869. The summed E-state index contributed by atoms with van der Waals surface area (Å²) in [6.45, 7) is 2.16. The van der Waals surface area contributed by atoms with Gasteiger partial charge in [0.1, 0.15) is 4.90 Å². The van der Waals surface area contributed by atoms with E-state index in [1.807, 2.05) is 6.92 Å². The van der Waals surface area contributed by atoms with Crippen molar-refractivity contribution < 1.29 is 13.5 Å². The van der Waals surface area contributed by atoms with Crippen LogP contribution in [0, 0.1) is 0 Å². The molecule has 0 bridgehead atoms. The van der Waals surface area contributed by atoms with E-state index in [1.165, 1.54) is 17.4 Å². The van der Waals surface area contributed by atoms with Gasteiger partial charge in [-0.1, -0.05) is 6.92 Å². The number of hydrogen-bond acceptors (Lipinski definition) is 4. The maximum Gasteiger partial charge on any atom is 0.242 e. The Morgan fingerprint density at radius 3 is 2.73 bits per heavy atom. The van der Waals surface area contributed by atoms with Crippen LogP contribution in [0.1, 0.15) is 18.2 Å². The maximum atomic E-state index is 11.7. The van der Waals surface area contributed by atoms with Gasteiger partial charge >= 0.3 is 0 Å². The molecular weight excluding hydrogens is 302 g/mol. The summed E-state index contributed by atoms with van der Waals surface area (Å²) in [5.74, 6) is 0. The molecule has 2 N–H and O–H groups in total. The van der Waals surface area contributed by atoms with E-state index in [1.54, 1.807) is 0 Å². The van der Waals surface area contributed by atoms with Gasteiger partial charge < -0.3 is 5.11 Å². The summed E-state index contributed by atoms with van der Waals surface area (Å²) in [4.78, 5) is 0.823. The number of halogens is 1. The summed E-state index contributed by atoms with van der Waals surface area (Å²) >= 11 is 4.40. The lowest BCUT2D eigenvalue weighted by atomic mass is 10.5. The SMILES string of the molecule is CCCNS(=O)(=O)c1cc(CO)sc1Br. The average molecular weight is 314 g/mol. The molecular formula is C8H12BrNO3S2. The number of rotatable bonds is 5. The molecule has 86 valence electrons. The van der Waals surface area contributed by atoms with E-state index in [-0.39, 0.29) is 11.5 Å². The van der Waals surface area contributed by atoms with Gasteiger partial charge in [0.05, 0.1) is 10.4 Å². The van der Waals surface area contributed by atoms with Gasteiger partial charge in [-0.2, -0.15) is 0 Å². The Kier molecular flexibility index (Phi) is 4.72. The van der Waals surface area contributed by atoms with Crippen LogP contribution in [0.3, 0.4) is 0 Å². The van der Waals surface area contributed by atoms with E-state index < -0.39 is 10.0 Å². The zero-order chi connectivity index (χ0) is 11.5. The van der Waals surface area contributed by atoms with Crippen molar-refractivity contribution >= 4 is 37.3 Å². The fourth-order valence-electron chi connectivity index (χ4n) is 0.973. The van der Waals surface area contributed by atoms with E-state index in [9.17, 15) is 8.42 Å². The van der Waals surface area contributed by atoms with Crippen LogP contribution in [-0.2, 0) is 16.6 Å². The molecule has 0 unspecified atom stereocenters. The molecule has 0 fully saturated rings. The Labute approximate surface area is 102 Å². The van der Waals surface area contributed by atoms with Crippen LogP contribution >= 0.6 is 27.3 Å². The summed E-state index contributed by atoms with van der Waals surface area (Å²) < 4.78 is 26.4. The van der Waals surface area contributed by atoms with Crippen LogP contribution in [-0.4, -0.2) is 20.1 Å². The van der Waals surface area contributed by atoms with Crippen LogP contribution in [0.2, 0.25) is 0 Å². The van der Waals surface area contributed by atoms with Crippen LogP contribution in [0.15, 0.2) is 14.7 Å². The van der Waals surface area contributed by atoms with E-state index >= 15 is 0 Å². The normalized spacial score (nSPS) is 11.9. The third-order valence-electron chi connectivity index (χ3n) is 1.69. The van der Waals surface area contributed by atoms with Crippen molar-refractivity contribution in [3.63, 3.8) is 0 Å². The molecule has 0 saturated carbocycles. The van der Waals surface area contributed by atoms with Gasteiger partial charge in [0.2, 0.25) is 10.0 Å². The second-order valence-electron chi connectivity index (χ2n) is 2.91. The molecule has 0 aliphatic heterocycles. The summed E-state index contributed by atoms with van der Waals surface area (Å²) in [6, 6.07) is 1.48. The first kappa shape index (κ1) is 13.1. The highest BCUT2D eigenvalue weighted by Crippen LogP contribution is 2.31. The van der Waals surface area contributed by atoms with Gasteiger partial charge in [0, 0.05) is 11.4 Å². The van der Waals surface area contributed by atoms with E-state index in [2.05, 4.69) is 20.7 Å². The molecule has 0 aliphatic carbocycles. The zero-order valence-electron chi connectivity index (χ0n) is 8.16. The Balaban J connectivity index is 2.99. The summed E-state index contributed by atoms with van der Waals surface area (Å²) in [5.41, 5.74) is 0. The number of sulfonamides is 1. The van der Waals surface area contributed by atoms with Crippen molar-refractivity contribution in [2.75, 3.05) is 6.54 Å². The summed E-state index contributed by atoms with van der Waals surface area (Å²) in [5, 5.41) is 8.89. The molecule has 1 heterocycles. The fraction of sp³-hybridized carbons (Fsp3) is 0.500. The Morgan fingerprint density at radius 2 is 2.27 bits per heavy atom. The molecule has 0 aromatic carbocycles. The standard InChI is InChI=1S/C8H12BrNO3S2/c1-2-3-10-15(12,13)7-4-6(5-11)14-8(7)9/h4,10-11H,2-3,5H2,1H3. The molecule has 0 atom stereocenters. The molecule has 1 aromatic rings. The fourth-order valence-corrected chi connectivity index (χ4v) is 4.65. The first-order valence-electron chi connectivity index (χ1n) is 4.40. The molecule has 0 aliphatic rings. The zero-order valence-corrected chi connectivity index (χ0v) is 11.4. The molecule has 7 heteroatoms. The first-order chi connectivity index (χ1) is 7.01. The third kappa shape index (κ3) is 3.25. The minimum absolute atomic E-state index is 0.146. The Bertz CT molecular complexity index is 427.